The van der Waals surface area contributed by atoms with Crippen molar-refractivity contribution >= 4 is 11.9 Å². The second kappa shape index (κ2) is 20.0. The Morgan fingerprint density at radius 3 is 1.21 bits per heavy atom. The smallest absolute Gasteiger partial charge is 0.334 e. The van der Waals surface area contributed by atoms with E-state index in [9.17, 15) is 9.59 Å². The van der Waals surface area contributed by atoms with Crippen LogP contribution in [0.3, 0.4) is 0 Å². The lowest BCUT2D eigenvalue weighted by atomic mass is 9.96. The molecule has 4 nitrogen and oxygen atoms in total. The highest BCUT2D eigenvalue weighted by Crippen LogP contribution is 2.23. The molecule has 29 heavy (non-hydrogen) atoms. The fourth-order valence-electron chi connectivity index (χ4n) is 3.18. The monoisotopic (exact) mass is 410 g/mol. The average Bonchev–Trinajstić information content (AvgIpc) is 2.71. The molecule has 0 unspecified atom stereocenters. The first-order valence-corrected chi connectivity index (χ1v) is 12.2. The third kappa shape index (κ3) is 14.3. The summed E-state index contributed by atoms with van der Waals surface area (Å²) in [6.07, 6.45) is 14.7. The van der Waals surface area contributed by atoms with Crippen LogP contribution in [0.1, 0.15) is 124 Å². The van der Waals surface area contributed by atoms with Crippen LogP contribution in [0.4, 0.5) is 0 Å². The molecule has 0 atom stereocenters. The van der Waals surface area contributed by atoms with Gasteiger partial charge in [0.2, 0.25) is 0 Å². The third-order valence-electron chi connectivity index (χ3n) is 5.13. The van der Waals surface area contributed by atoms with E-state index < -0.39 is 0 Å². The van der Waals surface area contributed by atoms with E-state index in [0.717, 1.165) is 64.2 Å². The highest BCUT2D eigenvalue weighted by Gasteiger charge is 2.23. The molecule has 4 heteroatoms. The first-order valence-electron chi connectivity index (χ1n) is 12.2. The molecule has 0 amide bonds. The molecule has 0 aromatic carbocycles. The van der Waals surface area contributed by atoms with Crippen molar-refractivity contribution < 1.29 is 19.1 Å². The summed E-state index contributed by atoms with van der Waals surface area (Å²) in [5, 5.41) is 0. The Labute approximate surface area is 179 Å². The molecule has 0 aromatic rings. The van der Waals surface area contributed by atoms with Crippen LogP contribution in [0.15, 0.2) is 11.1 Å². The molecule has 0 aliphatic carbocycles. The van der Waals surface area contributed by atoms with Crippen LogP contribution in [0.25, 0.3) is 0 Å². The summed E-state index contributed by atoms with van der Waals surface area (Å²) in [5.41, 5.74) is 1.13. The maximum absolute atomic E-state index is 12.8. The molecule has 0 bridgehead atoms. The minimum absolute atomic E-state index is 0.313. The molecule has 170 valence electrons. The van der Waals surface area contributed by atoms with E-state index in [1.54, 1.807) is 0 Å². The summed E-state index contributed by atoms with van der Waals surface area (Å²) in [4.78, 5) is 25.6. The Bertz CT molecular complexity index is 454. The summed E-state index contributed by atoms with van der Waals surface area (Å²) in [5.74, 6) is -0.627. The Hall–Kier alpha value is -1.32. The first-order chi connectivity index (χ1) is 14.1. The van der Waals surface area contributed by atoms with Crippen LogP contribution < -0.4 is 0 Å². The fraction of sp³-hybridized carbons (Fsp3) is 0.840. The lowest BCUT2D eigenvalue weighted by molar-refractivity contribution is -0.142. The summed E-state index contributed by atoms with van der Waals surface area (Å²) in [6.45, 7) is 9.34. The largest absolute Gasteiger partial charge is 0.462 e. The number of rotatable bonds is 19. The molecular weight excluding hydrogens is 364 g/mol. The molecule has 0 aliphatic heterocycles. The van der Waals surface area contributed by atoms with Crippen molar-refractivity contribution in [1.82, 2.24) is 0 Å². The van der Waals surface area contributed by atoms with Gasteiger partial charge in [-0.1, -0.05) is 85.5 Å². The zero-order valence-electron chi connectivity index (χ0n) is 19.7. The Morgan fingerprint density at radius 2 is 0.828 bits per heavy atom. The number of ether oxygens (including phenoxy) is 2. The van der Waals surface area contributed by atoms with Gasteiger partial charge in [0.05, 0.1) is 13.2 Å². The van der Waals surface area contributed by atoms with Crippen molar-refractivity contribution in [2.75, 3.05) is 13.2 Å². The minimum atomic E-state index is -0.314. The number of carbonyl (C=O) groups excluding carboxylic acids is 2. The van der Waals surface area contributed by atoms with Crippen LogP contribution in [-0.2, 0) is 19.1 Å². The Kier molecular flexibility index (Phi) is 19.1. The van der Waals surface area contributed by atoms with Crippen molar-refractivity contribution in [3.05, 3.63) is 11.1 Å². The van der Waals surface area contributed by atoms with Crippen LogP contribution >= 0.6 is 0 Å². The number of hydrogen-bond acceptors (Lipinski definition) is 4. The summed E-state index contributed by atoms with van der Waals surface area (Å²) in [6, 6.07) is 0. The van der Waals surface area contributed by atoms with Gasteiger partial charge in [0.1, 0.15) is 0 Å². The number of hydrogen-bond donors (Lipinski definition) is 0. The summed E-state index contributed by atoms with van der Waals surface area (Å²) < 4.78 is 11.0. The van der Waals surface area contributed by atoms with E-state index in [1.165, 1.54) is 19.3 Å². The van der Waals surface area contributed by atoms with Crippen LogP contribution in [0, 0.1) is 0 Å². The van der Waals surface area contributed by atoms with Crippen LogP contribution in [0.2, 0.25) is 0 Å². The highest BCUT2D eigenvalue weighted by molar-refractivity contribution is 6.00. The topological polar surface area (TPSA) is 52.6 Å². The van der Waals surface area contributed by atoms with Crippen LogP contribution in [-0.4, -0.2) is 25.2 Å². The van der Waals surface area contributed by atoms with E-state index >= 15 is 0 Å². The van der Waals surface area contributed by atoms with E-state index in [1.807, 2.05) is 0 Å². The van der Waals surface area contributed by atoms with E-state index in [0.29, 0.717) is 37.2 Å². The first kappa shape index (κ1) is 27.7. The second-order valence-electron chi connectivity index (χ2n) is 7.91. The van der Waals surface area contributed by atoms with Gasteiger partial charge >= 0.3 is 11.9 Å². The molecule has 0 saturated heterocycles. The molecule has 0 fully saturated rings. The summed E-state index contributed by atoms with van der Waals surface area (Å²) >= 11 is 0. The van der Waals surface area contributed by atoms with Gasteiger partial charge in [0.25, 0.3) is 0 Å². The predicted molar refractivity (Wildman–Crippen MR) is 121 cm³/mol. The molecule has 0 rings (SSSR count). The lowest BCUT2D eigenvalue weighted by Gasteiger charge is -2.15. The van der Waals surface area contributed by atoms with Crippen molar-refractivity contribution in [3.8, 4) is 0 Å². The molecule has 0 N–H and O–H groups in total. The minimum Gasteiger partial charge on any atom is -0.462 e. The number of carbonyl (C=O) groups is 2. The lowest BCUT2D eigenvalue weighted by Crippen LogP contribution is -2.18. The van der Waals surface area contributed by atoms with Crippen molar-refractivity contribution in [1.29, 1.82) is 0 Å². The highest BCUT2D eigenvalue weighted by atomic mass is 16.5. The second-order valence-corrected chi connectivity index (χ2v) is 7.91. The summed E-state index contributed by atoms with van der Waals surface area (Å²) in [7, 11) is 0. The molecule has 0 radical (unpaired) electrons. The zero-order chi connectivity index (χ0) is 21.7. The van der Waals surface area contributed by atoms with Crippen molar-refractivity contribution in [2.24, 2.45) is 0 Å². The van der Waals surface area contributed by atoms with Gasteiger partial charge in [-0.05, 0) is 38.5 Å². The van der Waals surface area contributed by atoms with Gasteiger partial charge in [-0.2, -0.15) is 0 Å². The molecule has 0 heterocycles. The van der Waals surface area contributed by atoms with Gasteiger partial charge in [-0.3, -0.25) is 0 Å². The van der Waals surface area contributed by atoms with E-state index in [-0.39, 0.29) is 11.9 Å². The third-order valence-corrected chi connectivity index (χ3v) is 5.13. The molecule has 0 saturated carbocycles. The van der Waals surface area contributed by atoms with Gasteiger partial charge in [-0.25, -0.2) is 9.59 Å². The maximum Gasteiger partial charge on any atom is 0.334 e. The van der Waals surface area contributed by atoms with Crippen molar-refractivity contribution in [3.63, 3.8) is 0 Å². The fourth-order valence-corrected chi connectivity index (χ4v) is 3.18. The molecule has 0 spiro atoms. The predicted octanol–water partition coefficient (Wildman–Crippen LogP) is 7.30. The van der Waals surface area contributed by atoms with Gasteiger partial charge in [0, 0.05) is 11.1 Å². The maximum atomic E-state index is 12.8. The SMILES string of the molecule is CCCCCCCC(C(=O)OCCCC)=C(CCCCCC)C(=O)OCCCC. The van der Waals surface area contributed by atoms with E-state index in [4.69, 9.17) is 9.47 Å². The Morgan fingerprint density at radius 1 is 0.483 bits per heavy atom. The van der Waals surface area contributed by atoms with Gasteiger partial charge < -0.3 is 9.47 Å². The Balaban J connectivity index is 5.33. The standard InChI is InChI=1S/C25H46O4/c1-5-9-13-15-17-19-23(25(27)29-21-12-8-4)22(18-16-14-10-6-2)24(26)28-20-11-7-3/h5-21H2,1-4H3. The average molecular weight is 411 g/mol. The number of esters is 2. The number of unbranched alkanes of at least 4 members (excludes halogenated alkanes) is 9. The van der Waals surface area contributed by atoms with Crippen LogP contribution in [0.5, 0.6) is 0 Å². The van der Waals surface area contributed by atoms with Gasteiger partial charge in [0.15, 0.2) is 0 Å². The molecule has 0 aliphatic rings. The van der Waals surface area contributed by atoms with Crippen molar-refractivity contribution in [2.45, 2.75) is 124 Å². The normalized spacial score (nSPS) is 11.9. The van der Waals surface area contributed by atoms with Gasteiger partial charge in [-0.15, -0.1) is 0 Å². The van der Waals surface area contributed by atoms with E-state index in [2.05, 4.69) is 27.7 Å². The quantitative estimate of drug-likeness (QED) is 0.127. The zero-order valence-corrected chi connectivity index (χ0v) is 19.7. The molecule has 0 aromatic heterocycles. The molecular formula is C25H46O4.